The van der Waals surface area contributed by atoms with Crippen LogP contribution in [0.25, 0.3) is 22.6 Å². The second kappa shape index (κ2) is 8.68. The van der Waals surface area contributed by atoms with Gasteiger partial charge in [-0.2, -0.15) is 0 Å². The summed E-state index contributed by atoms with van der Waals surface area (Å²) in [6, 6.07) is 11.5. The van der Waals surface area contributed by atoms with Gasteiger partial charge in [0.25, 0.3) is 0 Å². The quantitative estimate of drug-likeness (QED) is 0.215. The summed E-state index contributed by atoms with van der Waals surface area (Å²) in [5, 5.41) is 3.05. The first-order valence-corrected chi connectivity index (χ1v) is 9.45. The summed E-state index contributed by atoms with van der Waals surface area (Å²) < 4.78 is 11.2. The van der Waals surface area contributed by atoms with Crippen LogP contribution in [0.1, 0.15) is 43.0 Å². The number of hydrogen-bond acceptors (Lipinski definition) is 4. The molecule has 2 aromatic carbocycles. The molecule has 0 spiro atoms. The standard InChI is InChI=1S/C23H21N3O4/c1-4-29-20(28)14-12-16-8-6-10-18-22(16)30-21-15(11-13-19(27)25-26-24)7-5-9-17(21)23(18,2)3/h5-14H,4H2,1-3H3/b13-11+,14-12+. The molecule has 0 unspecified atom stereocenters. The highest BCUT2D eigenvalue weighted by Crippen LogP contribution is 2.50. The van der Waals surface area contributed by atoms with Gasteiger partial charge in [-0.1, -0.05) is 50.2 Å². The fraction of sp³-hybridized carbons (Fsp3) is 0.217. The highest BCUT2D eigenvalue weighted by Gasteiger charge is 2.35. The lowest BCUT2D eigenvalue weighted by molar-refractivity contribution is -0.137. The van der Waals surface area contributed by atoms with Crippen LogP contribution in [-0.4, -0.2) is 18.5 Å². The van der Waals surface area contributed by atoms with Crippen molar-refractivity contribution in [2.75, 3.05) is 6.61 Å². The number of carbonyl (C=O) groups excluding carboxylic acids is 2. The summed E-state index contributed by atoms with van der Waals surface area (Å²) in [5.41, 5.74) is 11.4. The molecule has 152 valence electrons. The minimum absolute atomic E-state index is 0.303. The van der Waals surface area contributed by atoms with E-state index in [0.717, 1.165) is 16.7 Å². The van der Waals surface area contributed by atoms with E-state index in [1.54, 1.807) is 19.1 Å². The zero-order chi connectivity index (χ0) is 21.7. The number of esters is 1. The molecule has 2 aromatic rings. The summed E-state index contributed by atoms with van der Waals surface area (Å²) in [4.78, 5) is 25.8. The topological polar surface area (TPSA) is 101 Å². The number of benzene rings is 2. The largest absolute Gasteiger partial charge is 0.463 e. The Kier molecular flexibility index (Phi) is 6.04. The molecule has 7 nitrogen and oxygen atoms in total. The highest BCUT2D eigenvalue weighted by atomic mass is 16.5. The van der Waals surface area contributed by atoms with Crippen molar-refractivity contribution in [3.05, 3.63) is 81.2 Å². The van der Waals surface area contributed by atoms with Gasteiger partial charge in [0.05, 0.1) is 6.61 Å². The number of carbonyl (C=O) groups is 2. The maximum absolute atomic E-state index is 11.7. The van der Waals surface area contributed by atoms with E-state index in [0.29, 0.717) is 23.7 Å². The summed E-state index contributed by atoms with van der Waals surface area (Å²) in [5.74, 6) is 0.129. The molecule has 7 heteroatoms. The van der Waals surface area contributed by atoms with E-state index in [4.69, 9.17) is 15.0 Å². The Morgan fingerprint density at radius 3 is 2.17 bits per heavy atom. The molecule has 1 heterocycles. The third-order valence-corrected chi connectivity index (χ3v) is 4.88. The molecule has 0 aromatic heterocycles. The molecule has 0 N–H and O–H groups in total. The van der Waals surface area contributed by atoms with E-state index in [1.807, 2.05) is 36.4 Å². The fourth-order valence-corrected chi connectivity index (χ4v) is 3.42. The number of rotatable bonds is 5. The van der Waals surface area contributed by atoms with Crippen LogP contribution in [-0.2, 0) is 19.7 Å². The summed E-state index contributed by atoms with van der Waals surface area (Å²) >= 11 is 0. The van der Waals surface area contributed by atoms with Gasteiger partial charge in [0.1, 0.15) is 11.5 Å². The van der Waals surface area contributed by atoms with Crippen LogP contribution in [0, 0.1) is 0 Å². The molecule has 30 heavy (non-hydrogen) atoms. The number of azide groups is 1. The molecule has 0 saturated heterocycles. The predicted molar refractivity (Wildman–Crippen MR) is 114 cm³/mol. The zero-order valence-electron chi connectivity index (χ0n) is 17.0. The number of para-hydroxylation sites is 2. The van der Waals surface area contributed by atoms with Crippen molar-refractivity contribution in [1.29, 1.82) is 0 Å². The lowest BCUT2D eigenvalue weighted by atomic mass is 9.74. The first-order valence-electron chi connectivity index (χ1n) is 9.45. The Hall–Kier alpha value is -3.83. The van der Waals surface area contributed by atoms with Gasteiger partial charge in [-0.05, 0) is 35.8 Å². The summed E-state index contributed by atoms with van der Waals surface area (Å²) in [6.45, 7) is 6.23. The highest BCUT2D eigenvalue weighted by molar-refractivity contribution is 5.93. The summed E-state index contributed by atoms with van der Waals surface area (Å²) in [7, 11) is 0. The van der Waals surface area contributed by atoms with Crippen LogP contribution in [0.15, 0.2) is 53.7 Å². The molecule has 0 aliphatic carbocycles. The van der Waals surface area contributed by atoms with Gasteiger partial charge in [0, 0.05) is 38.7 Å². The van der Waals surface area contributed by atoms with Crippen LogP contribution in [0.5, 0.6) is 11.5 Å². The predicted octanol–water partition coefficient (Wildman–Crippen LogP) is 5.54. The van der Waals surface area contributed by atoms with E-state index in [9.17, 15) is 9.59 Å². The van der Waals surface area contributed by atoms with Crippen LogP contribution in [0.3, 0.4) is 0 Å². The number of fused-ring (bicyclic) bond motifs is 2. The molecule has 0 radical (unpaired) electrons. The van der Waals surface area contributed by atoms with Gasteiger partial charge in [-0.25, -0.2) is 4.79 Å². The molecule has 0 fully saturated rings. The maximum atomic E-state index is 11.7. The van der Waals surface area contributed by atoms with E-state index in [1.165, 1.54) is 12.2 Å². The Morgan fingerprint density at radius 1 is 1.07 bits per heavy atom. The third kappa shape index (κ3) is 4.11. The maximum Gasteiger partial charge on any atom is 0.330 e. The van der Waals surface area contributed by atoms with Crippen LogP contribution in [0.4, 0.5) is 0 Å². The van der Waals surface area contributed by atoms with Crippen molar-refractivity contribution in [2.24, 2.45) is 5.11 Å². The van der Waals surface area contributed by atoms with Gasteiger partial charge in [-0.15, -0.1) is 0 Å². The van der Waals surface area contributed by atoms with Crippen LogP contribution < -0.4 is 4.74 Å². The lowest BCUT2D eigenvalue weighted by Crippen LogP contribution is -2.25. The Bertz CT molecular complexity index is 1110. The Balaban J connectivity index is 2.08. The van der Waals surface area contributed by atoms with Crippen molar-refractivity contribution in [3.8, 4) is 11.5 Å². The third-order valence-electron chi connectivity index (χ3n) is 4.88. The minimum Gasteiger partial charge on any atom is -0.463 e. The van der Waals surface area contributed by atoms with E-state index in [2.05, 4.69) is 23.9 Å². The molecule has 0 bridgehead atoms. The molecule has 1 aliphatic heterocycles. The molecular weight excluding hydrogens is 382 g/mol. The number of nitrogens with zero attached hydrogens (tertiary/aromatic N) is 3. The molecule has 3 rings (SSSR count). The van der Waals surface area contributed by atoms with E-state index >= 15 is 0 Å². The first-order chi connectivity index (χ1) is 14.4. The Labute approximate surface area is 174 Å². The average molecular weight is 403 g/mol. The fourth-order valence-electron chi connectivity index (χ4n) is 3.42. The first kappa shape index (κ1) is 20.9. The monoisotopic (exact) mass is 403 g/mol. The average Bonchev–Trinajstić information content (AvgIpc) is 2.71. The molecule has 0 saturated carbocycles. The molecule has 0 atom stereocenters. The van der Waals surface area contributed by atoms with Gasteiger partial charge in [0.15, 0.2) is 0 Å². The minimum atomic E-state index is -0.691. The molecule has 1 amide bonds. The van der Waals surface area contributed by atoms with Crippen LogP contribution >= 0.6 is 0 Å². The lowest BCUT2D eigenvalue weighted by Gasteiger charge is -2.36. The number of ether oxygens (including phenoxy) is 2. The molecular formula is C23H21N3O4. The van der Waals surface area contributed by atoms with Crippen molar-refractivity contribution in [1.82, 2.24) is 0 Å². The molecule has 1 aliphatic rings. The van der Waals surface area contributed by atoms with Crippen molar-refractivity contribution >= 4 is 24.0 Å². The number of hydrogen-bond donors (Lipinski definition) is 0. The zero-order valence-corrected chi connectivity index (χ0v) is 17.0. The van der Waals surface area contributed by atoms with E-state index in [-0.39, 0.29) is 5.41 Å². The SMILES string of the molecule is CCOC(=O)/C=C/c1cccc2c1Oc1c(/C=C/C(=O)N=[N+]=[N-])cccc1C2(C)C. The number of amides is 1. The van der Waals surface area contributed by atoms with Gasteiger partial charge in [0.2, 0.25) is 5.91 Å². The smallest absolute Gasteiger partial charge is 0.330 e. The van der Waals surface area contributed by atoms with Crippen molar-refractivity contribution < 1.29 is 19.1 Å². The van der Waals surface area contributed by atoms with Gasteiger partial charge < -0.3 is 9.47 Å². The van der Waals surface area contributed by atoms with Gasteiger partial charge >= 0.3 is 5.97 Å². The second-order valence-electron chi connectivity index (χ2n) is 7.12. The summed E-state index contributed by atoms with van der Waals surface area (Å²) in [6.07, 6.45) is 5.80. The normalized spacial score (nSPS) is 13.8. The van der Waals surface area contributed by atoms with Gasteiger partial charge in [-0.3, -0.25) is 4.79 Å². The Morgan fingerprint density at radius 2 is 1.63 bits per heavy atom. The second-order valence-corrected chi connectivity index (χ2v) is 7.12. The van der Waals surface area contributed by atoms with E-state index < -0.39 is 11.9 Å². The van der Waals surface area contributed by atoms with Crippen LogP contribution in [0.2, 0.25) is 0 Å². The van der Waals surface area contributed by atoms with Crippen molar-refractivity contribution in [3.63, 3.8) is 0 Å². The van der Waals surface area contributed by atoms with Crippen molar-refractivity contribution in [2.45, 2.75) is 26.2 Å².